The van der Waals surface area contributed by atoms with E-state index in [9.17, 15) is 13.2 Å². The van der Waals surface area contributed by atoms with Crippen molar-refractivity contribution in [2.75, 3.05) is 0 Å². The highest BCUT2D eigenvalue weighted by atomic mass is 19.2. The van der Waals surface area contributed by atoms with Gasteiger partial charge in [0.25, 0.3) is 0 Å². The number of allylic oxidation sites excluding steroid dienone is 1. The maximum atomic E-state index is 13.8. The lowest BCUT2D eigenvalue weighted by atomic mass is 10.1. The maximum absolute atomic E-state index is 13.8. The normalized spacial score (nSPS) is 11.1. The lowest BCUT2D eigenvalue weighted by Gasteiger charge is -2.01. The Kier molecular flexibility index (Phi) is 5.82. The highest BCUT2D eigenvalue weighted by Gasteiger charge is 2.07. The molecule has 0 fully saturated rings. The minimum absolute atomic E-state index is 0.0609. The van der Waals surface area contributed by atoms with Crippen molar-refractivity contribution in [1.82, 2.24) is 0 Å². The highest BCUT2D eigenvalue weighted by molar-refractivity contribution is 5.62. The first-order chi connectivity index (χ1) is 11.5. The fourth-order valence-electron chi connectivity index (χ4n) is 2.01. The largest absolute Gasteiger partial charge is 0.209 e. The predicted octanol–water partition coefficient (Wildman–Crippen LogP) is 5.50. The second-order valence-electron chi connectivity index (χ2n) is 5.10. The van der Waals surface area contributed by atoms with Crippen LogP contribution in [0.5, 0.6) is 0 Å². The monoisotopic (exact) mass is 325 g/mol. The van der Waals surface area contributed by atoms with Crippen LogP contribution >= 0.6 is 0 Å². The van der Waals surface area contributed by atoms with E-state index in [1.807, 2.05) is 6.07 Å². The summed E-state index contributed by atoms with van der Waals surface area (Å²) >= 11 is 0. The summed E-state index contributed by atoms with van der Waals surface area (Å²) in [7, 11) is 0. The predicted molar refractivity (Wildman–Crippen MR) is 87.6 cm³/mol. The van der Waals surface area contributed by atoms with Crippen molar-refractivity contribution < 1.29 is 13.2 Å². The van der Waals surface area contributed by atoms with Crippen molar-refractivity contribution in [2.45, 2.75) is 19.8 Å². The molecular weight excluding hydrogens is 311 g/mol. The number of rotatable bonds is 3. The molecule has 0 aliphatic rings. The molecule has 0 spiro atoms. The Labute approximate surface area is 139 Å². The van der Waals surface area contributed by atoms with E-state index < -0.39 is 17.5 Å². The van der Waals surface area contributed by atoms with Gasteiger partial charge in [-0.3, -0.25) is 0 Å². The zero-order valence-electron chi connectivity index (χ0n) is 13.0. The molecule has 2 rings (SSSR count). The van der Waals surface area contributed by atoms with Crippen LogP contribution in [-0.2, 0) is 0 Å². The van der Waals surface area contributed by atoms with Crippen LogP contribution in [0.25, 0.3) is 5.83 Å². The summed E-state index contributed by atoms with van der Waals surface area (Å²) in [5.41, 5.74) is 1.08. The van der Waals surface area contributed by atoms with Crippen LogP contribution in [0, 0.1) is 29.0 Å². The fourth-order valence-corrected chi connectivity index (χ4v) is 2.01. The fraction of sp³-hybridized carbons (Fsp3) is 0.150. The molecule has 0 saturated carbocycles. The summed E-state index contributed by atoms with van der Waals surface area (Å²) in [5, 5.41) is 8.69. The summed E-state index contributed by atoms with van der Waals surface area (Å²) in [6.45, 7) is 1.77. The molecule has 0 unspecified atom stereocenters. The summed E-state index contributed by atoms with van der Waals surface area (Å²) < 4.78 is 41.0. The quantitative estimate of drug-likeness (QED) is 0.683. The van der Waals surface area contributed by atoms with E-state index in [4.69, 9.17) is 5.26 Å². The Morgan fingerprint density at radius 3 is 2.25 bits per heavy atom. The number of benzene rings is 2. The first-order valence-corrected chi connectivity index (χ1v) is 7.41. The lowest BCUT2D eigenvalue weighted by molar-refractivity contribution is 0.559. The first kappa shape index (κ1) is 17.4. The molecule has 0 amide bonds. The number of halogens is 3. The van der Waals surface area contributed by atoms with Crippen molar-refractivity contribution in [3.8, 4) is 17.9 Å². The Bertz CT molecular complexity index is 862. The molecule has 0 radical (unpaired) electrons. The molecule has 4 heteroatoms. The van der Waals surface area contributed by atoms with Gasteiger partial charge in [0.05, 0.1) is 17.2 Å². The standard InChI is InChI=1S/C20H14F3N/c1-2-3-18(21)20(23)17-10-5-14(6-11-17)4-8-16-9-7-15(13-24)12-19(16)22/h5-7,9-12H,2-3H2,1H3/b20-18+. The zero-order chi connectivity index (χ0) is 17.5. The third-order valence-corrected chi connectivity index (χ3v) is 3.29. The number of hydrogen-bond acceptors (Lipinski definition) is 1. The van der Waals surface area contributed by atoms with Crippen LogP contribution in [0.4, 0.5) is 13.2 Å². The zero-order valence-corrected chi connectivity index (χ0v) is 13.0. The van der Waals surface area contributed by atoms with E-state index in [-0.39, 0.29) is 23.1 Å². The molecule has 0 N–H and O–H groups in total. The Balaban J connectivity index is 2.22. The molecular formula is C20H14F3N. The van der Waals surface area contributed by atoms with Crippen LogP contribution < -0.4 is 0 Å². The van der Waals surface area contributed by atoms with Gasteiger partial charge in [0.2, 0.25) is 0 Å². The average Bonchev–Trinajstić information content (AvgIpc) is 2.60. The summed E-state index contributed by atoms with van der Waals surface area (Å²) in [6, 6.07) is 11.8. The summed E-state index contributed by atoms with van der Waals surface area (Å²) in [6.07, 6.45) is 0.588. The minimum Gasteiger partial charge on any atom is -0.209 e. The molecule has 0 aromatic heterocycles. The Hall–Kier alpha value is -2.98. The van der Waals surface area contributed by atoms with E-state index in [0.717, 1.165) is 6.07 Å². The molecule has 0 atom stereocenters. The minimum atomic E-state index is -0.866. The van der Waals surface area contributed by atoms with Crippen LogP contribution in [-0.4, -0.2) is 0 Å². The molecule has 2 aromatic carbocycles. The van der Waals surface area contributed by atoms with Crippen LogP contribution in [0.3, 0.4) is 0 Å². The van der Waals surface area contributed by atoms with Gasteiger partial charge in [-0.25, -0.2) is 13.2 Å². The third-order valence-electron chi connectivity index (χ3n) is 3.29. The molecule has 2 aromatic rings. The number of nitriles is 1. The van der Waals surface area contributed by atoms with Gasteiger partial charge in [0.1, 0.15) is 11.6 Å². The second-order valence-corrected chi connectivity index (χ2v) is 5.10. The SMILES string of the molecule is CCC/C(F)=C(\F)c1ccc(C#Cc2ccc(C#N)cc2F)cc1. The molecule has 120 valence electrons. The van der Waals surface area contributed by atoms with Gasteiger partial charge in [0.15, 0.2) is 5.83 Å². The van der Waals surface area contributed by atoms with Gasteiger partial charge < -0.3 is 0 Å². The highest BCUT2D eigenvalue weighted by Crippen LogP contribution is 2.24. The van der Waals surface area contributed by atoms with Crippen LogP contribution in [0.1, 0.15) is 42.0 Å². The van der Waals surface area contributed by atoms with Gasteiger partial charge in [0, 0.05) is 17.5 Å². The molecule has 1 nitrogen and oxygen atoms in total. The van der Waals surface area contributed by atoms with Crippen LogP contribution in [0.2, 0.25) is 0 Å². The van der Waals surface area contributed by atoms with E-state index in [1.165, 1.54) is 24.3 Å². The van der Waals surface area contributed by atoms with E-state index in [2.05, 4.69) is 11.8 Å². The van der Waals surface area contributed by atoms with E-state index >= 15 is 0 Å². The Morgan fingerprint density at radius 1 is 1.00 bits per heavy atom. The maximum Gasteiger partial charge on any atom is 0.161 e. The van der Waals surface area contributed by atoms with Gasteiger partial charge in [-0.1, -0.05) is 30.9 Å². The molecule has 0 heterocycles. The van der Waals surface area contributed by atoms with Gasteiger partial charge in [-0.05, 0) is 36.8 Å². The van der Waals surface area contributed by atoms with Crippen LogP contribution in [0.15, 0.2) is 48.3 Å². The summed E-state index contributed by atoms with van der Waals surface area (Å²) in [5.74, 6) is 3.20. The van der Waals surface area contributed by atoms with Crippen molar-refractivity contribution in [3.05, 3.63) is 76.4 Å². The van der Waals surface area contributed by atoms with Gasteiger partial charge in [-0.2, -0.15) is 5.26 Å². The topological polar surface area (TPSA) is 23.8 Å². The third kappa shape index (κ3) is 4.27. The van der Waals surface area contributed by atoms with E-state index in [1.54, 1.807) is 19.1 Å². The molecule has 0 aliphatic heterocycles. The lowest BCUT2D eigenvalue weighted by Crippen LogP contribution is -1.86. The molecule has 0 bridgehead atoms. The van der Waals surface area contributed by atoms with Crippen molar-refractivity contribution in [1.29, 1.82) is 5.26 Å². The second kappa shape index (κ2) is 8.04. The average molecular weight is 325 g/mol. The molecule has 0 aliphatic carbocycles. The smallest absolute Gasteiger partial charge is 0.161 e. The van der Waals surface area contributed by atoms with Gasteiger partial charge in [-0.15, -0.1) is 0 Å². The molecule has 24 heavy (non-hydrogen) atoms. The van der Waals surface area contributed by atoms with E-state index in [0.29, 0.717) is 12.0 Å². The first-order valence-electron chi connectivity index (χ1n) is 7.41. The number of nitrogens with zero attached hydrogens (tertiary/aromatic N) is 1. The number of hydrogen-bond donors (Lipinski definition) is 0. The Morgan fingerprint density at radius 2 is 1.67 bits per heavy atom. The molecule has 0 saturated heterocycles. The summed E-state index contributed by atoms with van der Waals surface area (Å²) in [4.78, 5) is 0. The van der Waals surface area contributed by atoms with Crippen molar-refractivity contribution in [3.63, 3.8) is 0 Å². The van der Waals surface area contributed by atoms with Crippen molar-refractivity contribution >= 4 is 5.83 Å². The van der Waals surface area contributed by atoms with Gasteiger partial charge >= 0.3 is 0 Å². The van der Waals surface area contributed by atoms with Crippen molar-refractivity contribution in [2.24, 2.45) is 0 Å².